The number of nitrogens with two attached hydrogens (primary N) is 1. The summed E-state index contributed by atoms with van der Waals surface area (Å²) >= 11 is 0. The first kappa shape index (κ1) is 17.9. The van der Waals surface area contributed by atoms with Crippen LogP contribution in [0, 0.1) is 0 Å². The van der Waals surface area contributed by atoms with E-state index in [0.29, 0.717) is 25.3 Å². The SMILES string of the molecule is CCCN(CCS(=O)(=O)CCC)C(C)(CC)CN. The molecule has 1 unspecified atom stereocenters. The lowest BCUT2D eigenvalue weighted by atomic mass is 9.96. The van der Waals surface area contributed by atoms with Crippen molar-refractivity contribution in [3.05, 3.63) is 0 Å². The monoisotopic (exact) mass is 278 g/mol. The standard InChI is InChI=1S/C13H30N2O2S/c1-5-8-15(13(4,7-3)12-14)9-11-18(16,17)10-6-2/h5-12,14H2,1-4H3. The van der Waals surface area contributed by atoms with Gasteiger partial charge in [-0.1, -0.05) is 20.8 Å². The molecule has 0 fully saturated rings. The molecule has 0 aliphatic rings. The number of sulfone groups is 1. The molecule has 2 N–H and O–H groups in total. The normalized spacial score (nSPS) is 15.9. The molecule has 0 radical (unpaired) electrons. The van der Waals surface area contributed by atoms with Gasteiger partial charge in [0.15, 0.2) is 9.84 Å². The Morgan fingerprint density at radius 1 is 1.06 bits per heavy atom. The zero-order chi connectivity index (χ0) is 14.2. The molecule has 0 saturated heterocycles. The Morgan fingerprint density at radius 3 is 2.06 bits per heavy atom. The molecule has 0 rings (SSSR count). The van der Waals surface area contributed by atoms with Gasteiger partial charge in [0.05, 0.1) is 5.75 Å². The maximum Gasteiger partial charge on any atom is 0.151 e. The fourth-order valence-corrected chi connectivity index (χ4v) is 3.41. The molecular weight excluding hydrogens is 248 g/mol. The van der Waals surface area contributed by atoms with Crippen LogP contribution in [0.3, 0.4) is 0 Å². The second-order valence-electron chi connectivity index (χ2n) is 5.19. The van der Waals surface area contributed by atoms with Gasteiger partial charge < -0.3 is 5.73 Å². The van der Waals surface area contributed by atoms with Crippen molar-refractivity contribution in [3.63, 3.8) is 0 Å². The van der Waals surface area contributed by atoms with Crippen LogP contribution in [0.2, 0.25) is 0 Å². The zero-order valence-electron chi connectivity index (χ0n) is 12.4. The van der Waals surface area contributed by atoms with E-state index in [0.717, 1.165) is 19.4 Å². The third-order valence-corrected chi connectivity index (χ3v) is 5.48. The van der Waals surface area contributed by atoms with Gasteiger partial charge in [0.1, 0.15) is 0 Å². The van der Waals surface area contributed by atoms with E-state index in [9.17, 15) is 8.42 Å². The lowest BCUT2D eigenvalue weighted by Crippen LogP contribution is -2.53. The van der Waals surface area contributed by atoms with E-state index in [1.165, 1.54) is 0 Å². The van der Waals surface area contributed by atoms with Gasteiger partial charge in [-0.15, -0.1) is 0 Å². The molecule has 4 nitrogen and oxygen atoms in total. The molecule has 0 heterocycles. The Kier molecular flexibility index (Phi) is 8.06. The molecule has 0 bridgehead atoms. The van der Waals surface area contributed by atoms with Gasteiger partial charge in [-0.05, 0) is 32.7 Å². The summed E-state index contributed by atoms with van der Waals surface area (Å²) in [6.45, 7) is 10.3. The van der Waals surface area contributed by atoms with Crippen LogP contribution in [0.25, 0.3) is 0 Å². The van der Waals surface area contributed by atoms with Crippen molar-refractivity contribution >= 4 is 9.84 Å². The first-order valence-electron chi connectivity index (χ1n) is 7.00. The van der Waals surface area contributed by atoms with Crippen molar-refractivity contribution in [1.82, 2.24) is 4.90 Å². The summed E-state index contributed by atoms with van der Waals surface area (Å²) in [5, 5.41) is 0. The molecule has 18 heavy (non-hydrogen) atoms. The topological polar surface area (TPSA) is 63.4 Å². The van der Waals surface area contributed by atoms with Crippen molar-refractivity contribution in [2.75, 3.05) is 31.1 Å². The average Bonchev–Trinajstić information content (AvgIpc) is 2.33. The molecule has 110 valence electrons. The van der Waals surface area contributed by atoms with E-state index < -0.39 is 9.84 Å². The highest BCUT2D eigenvalue weighted by Crippen LogP contribution is 2.18. The summed E-state index contributed by atoms with van der Waals surface area (Å²) < 4.78 is 23.6. The number of nitrogens with zero attached hydrogens (tertiary/aromatic N) is 1. The molecule has 0 aliphatic heterocycles. The Balaban J connectivity index is 4.64. The van der Waals surface area contributed by atoms with Crippen LogP contribution in [-0.2, 0) is 9.84 Å². The minimum absolute atomic E-state index is 0.0856. The predicted molar refractivity (Wildman–Crippen MR) is 78.6 cm³/mol. The molecule has 0 amide bonds. The molecular formula is C13H30N2O2S. The van der Waals surface area contributed by atoms with Gasteiger partial charge >= 0.3 is 0 Å². The van der Waals surface area contributed by atoms with Crippen molar-refractivity contribution < 1.29 is 8.42 Å². The molecule has 5 heteroatoms. The molecule has 1 atom stereocenters. The van der Waals surface area contributed by atoms with Crippen LogP contribution < -0.4 is 5.73 Å². The Labute approximate surface area is 113 Å². The smallest absolute Gasteiger partial charge is 0.151 e. The summed E-state index contributed by atoms with van der Waals surface area (Å²) in [5.41, 5.74) is 5.77. The molecule has 0 aliphatic carbocycles. The van der Waals surface area contributed by atoms with Crippen LogP contribution >= 0.6 is 0 Å². The Morgan fingerprint density at radius 2 is 1.67 bits per heavy atom. The van der Waals surface area contributed by atoms with Gasteiger partial charge in [-0.25, -0.2) is 8.42 Å². The summed E-state index contributed by atoms with van der Waals surface area (Å²) in [5.74, 6) is 0.537. The fraction of sp³-hybridized carbons (Fsp3) is 1.00. The molecule has 0 aromatic carbocycles. The number of rotatable bonds is 10. The van der Waals surface area contributed by atoms with Crippen LogP contribution in [0.5, 0.6) is 0 Å². The van der Waals surface area contributed by atoms with Gasteiger partial charge in [0, 0.05) is 24.4 Å². The quantitative estimate of drug-likeness (QED) is 0.660. The second-order valence-corrected chi connectivity index (χ2v) is 7.50. The second kappa shape index (κ2) is 8.12. The van der Waals surface area contributed by atoms with Crippen LogP contribution in [0.15, 0.2) is 0 Å². The Bertz CT molecular complexity index is 311. The van der Waals surface area contributed by atoms with Gasteiger partial charge in [0.25, 0.3) is 0 Å². The van der Waals surface area contributed by atoms with Crippen molar-refractivity contribution in [2.24, 2.45) is 5.73 Å². The summed E-state index contributed by atoms with van der Waals surface area (Å²) in [4.78, 5) is 2.24. The summed E-state index contributed by atoms with van der Waals surface area (Å²) in [6, 6.07) is 0. The van der Waals surface area contributed by atoms with E-state index in [1.54, 1.807) is 0 Å². The number of hydrogen-bond donors (Lipinski definition) is 1. The van der Waals surface area contributed by atoms with Gasteiger partial charge in [-0.2, -0.15) is 0 Å². The minimum Gasteiger partial charge on any atom is -0.329 e. The fourth-order valence-electron chi connectivity index (χ4n) is 2.08. The lowest BCUT2D eigenvalue weighted by Gasteiger charge is -2.40. The summed E-state index contributed by atoms with van der Waals surface area (Å²) in [7, 11) is -2.90. The van der Waals surface area contributed by atoms with Gasteiger partial charge in [-0.3, -0.25) is 4.90 Å². The lowest BCUT2D eigenvalue weighted by molar-refractivity contribution is 0.113. The van der Waals surface area contributed by atoms with E-state index in [-0.39, 0.29) is 11.3 Å². The highest BCUT2D eigenvalue weighted by atomic mass is 32.2. The maximum atomic E-state index is 11.8. The number of hydrogen-bond acceptors (Lipinski definition) is 4. The first-order chi connectivity index (χ1) is 8.35. The molecule has 0 aromatic heterocycles. The van der Waals surface area contributed by atoms with Crippen molar-refractivity contribution in [3.8, 4) is 0 Å². The van der Waals surface area contributed by atoms with Crippen molar-refractivity contribution in [2.45, 2.75) is 52.5 Å². The molecule has 0 spiro atoms. The molecule has 0 aromatic rings. The van der Waals surface area contributed by atoms with E-state index in [4.69, 9.17) is 5.73 Å². The Hall–Kier alpha value is -0.130. The van der Waals surface area contributed by atoms with Crippen LogP contribution in [0.4, 0.5) is 0 Å². The first-order valence-corrected chi connectivity index (χ1v) is 8.82. The molecule has 0 saturated carbocycles. The average molecular weight is 278 g/mol. The van der Waals surface area contributed by atoms with Crippen LogP contribution in [0.1, 0.15) is 47.0 Å². The third kappa shape index (κ3) is 5.67. The van der Waals surface area contributed by atoms with Crippen molar-refractivity contribution in [1.29, 1.82) is 0 Å². The largest absolute Gasteiger partial charge is 0.329 e. The third-order valence-electron chi connectivity index (χ3n) is 3.65. The van der Waals surface area contributed by atoms with E-state index in [1.807, 2.05) is 6.92 Å². The van der Waals surface area contributed by atoms with E-state index in [2.05, 4.69) is 25.7 Å². The van der Waals surface area contributed by atoms with Crippen LogP contribution in [-0.4, -0.2) is 50.0 Å². The van der Waals surface area contributed by atoms with Gasteiger partial charge in [0.2, 0.25) is 0 Å². The summed E-state index contributed by atoms with van der Waals surface area (Å²) in [6.07, 6.45) is 2.65. The maximum absolute atomic E-state index is 11.8. The van der Waals surface area contributed by atoms with E-state index >= 15 is 0 Å². The minimum atomic E-state index is -2.90. The zero-order valence-corrected chi connectivity index (χ0v) is 13.2. The highest BCUT2D eigenvalue weighted by Gasteiger charge is 2.28. The predicted octanol–water partition coefficient (Wildman–Crippen LogP) is 1.65. The highest BCUT2D eigenvalue weighted by molar-refractivity contribution is 7.91.